The molecule has 0 aliphatic carbocycles. The minimum Gasteiger partial charge on any atom is -0.396 e. The number of para-hydroxylation sites is 1. The molecule has 1 heterocycles. The lowest BCUT2D eigenvalue weighted by Gasteiger charge is -2.16. The molecule has 0 amide bonds. The van der Waals surface area contributed by atoms with Gasteiger partial charge >= 0.3 is 0 Å². The number of hydrogen-bond donors (Lipinski definition) is 1. The van der Waals surface area contributed by atoms with Crippen LogP contribution in [-0.2, 0) is 13.0 Å². The Morgan fingerprint density at radius 1 is 1.16 bits per heavy atom. The van der Waals surface area contributed by atoms with E-state index in [1.807, 2.05) is 24.3 Å². The van der Waals surface area contributed by atoms with Gasteiger partial charge in [-0.15, -0.1) is 0 Å². The highest BCUT2D eigenvalue weighted by Crippen LogP contribution is 2.32. The van der Waals surface area contributed by atoms with Gasteiger partial charge in [-0.1, -0.05) is 41.4 Å². The summed E-state index contributed by atoms with van der Waals surface area (Å²) in [6.45, 7) is 2.18. The lowest BCUT2D eigenvalue weighted by Crippen LogP contribution is -2.25. The molecule has 0 saturated carbocycles. The molecule has 0 fully saturated rings. The van der Waals surface area contributed by atoms with Crippen LogP contribution < -0.4 is 5.56 Å². The zero-order valence-electron chi connectivity index (χ0n) is 13.5. The van der Waals surface area contributed by atoms with Gasteiger partial charge in [0.2, 0.25) is 0 Å². The number of pyridine rings is 1. The highest BCUT2D eigenvalue weighted by molar-refractivity contribution is 9.10. The van der Waals surface area contributed by atoms with Crippen molar-refractivity contribution >= 4 is 50.0 Å². The minimum absolute atomic E-state index is 0.00617. The highest BCUT2D eigenvalue weighted by Gasteiger charge is 2.14. The van der Waals surface area contributed by atoms with E-state index in [4.69, 9.17) is 23.2 Å². The van der Waals surface area contributed by atoms with E-state index < -0.39 is 0 Å². The Kier molecular flexibility index (Phi) is 5.54. The first-order chi connectivity index (χ1) is 11.9. The molecule has 2 aromatic carbocycles. The fourth-order valence-electron chi connectivity index (χ4n) is 3.08. The molecule has 3 aromatic rings. The summed E-state index contributed by atoms with van der Waals surface area (Å²) < 4.78 is 2.37. The normalized spacial score (nSPS) is 11.2. The van der Waals surface area contributed by atoms with E-state index in [1.165, 1.54) is 0 Å². The number of aliphatic hydroxyl groups is 1. The summed E-state index contributed by atoms with van der Waals surface area (Å²) in [4.78, 5) is 12.9. The number of aliphatic hydroxyl groups excluding tert-OH is 1. The van der Waals surface area contributed by atoms with Gasteiger partial charge in [0, 0.05) is 17.6 Å². The largest absolute Gasteiger partial charge is 0.396 e. The molecular formula is C19H16BrCl2NO2. The molecule has 0 bridgehead atoms. The molecule has 0 spiro atoms. The van der Waals surface area contributed by atoms with Gasteiger partial charge in [0.05, 0.1) is 26.6 Å². The van der Waals surface area contributed by atoms with Crippen LogP contribution in [-0.4, -0.2) is 16.3 Å². The monoisotopic (exact) mass is 439 g/mol. The lowest BCUT2D eigenvalue weighted by atomic mass is 10.0. The molecule has 3 rings (SSSR count). The zero-order chi connectivity index (χ0) is 18.1. The van der Waals surface area contributed by atoms with Crippen LogP contribution in [0.5, 0.6) is 0 Å². The van der Waals surface area contributed by atoms with E-state index in [1.54, 1.807) is 23.6 Å². The summed E-state index contributed by atoms with van der Waals surface area (Å²) in [5, 5.41) is 11.3. The number of aromatic nitrogens is 1. The maximum absolute atomic E-state index is 12.9. The molecule has 3 nitrogen and oxygen atoms in total. The Hall–Kier alpha value is -1.33. The van der Waals surface area contributed by atoms with Crippen LogP contribution in [0.2, 0.25) is 10.0 Å². The van der Waals surface area contributed by atoms with E-state index in [9.17, 15) is 9.90 Å². The molecule has 0 saturated heterocycles. The van der Waals surface area contributed by atoms with Gasteiger partial charge in [0.15, 0.2) is 0 Å². The second-order valence-corrected chi connectivity index (χ2v) is 7.47. The van der Waals surface area contributed by atoms with Gasteiger partial charge in [-0.3, -0.25) is 4.79 Å². The van der Waals surface area contributed by atoms with Crippen molar-refractivity contribution in [3.05, 3.63) is 78.0 Å². The quantitative estimate of drug-likeness (QED) is 0.582. The summed E-state index contributed by atoms with van der Waals surface area (Å²) in [6.07, 6.45) is 0.457. The van der Waals surface area contributed by atoms with E-state index in [-0.39, 0.29) is 12.2 Å². The summed E-state index contributed by atoms with van der Waals surface area (Å²) in [5.74, 6) is 0. The van der Waals surface area contributed by atoms with Crippen LogP contribution in [0, 0.1) is 6.92 Å². The first-order valence-electron chi connectivity index (χ1n) is 7.79. The molecule has 0 radical (unpaired) electrons. The summed E-state index contributed by atoms with van der Waals surface area (Å²) in [5.41, 5.74) is 3.15. The number of rotatable bonds is 4. The maximum Gasteiger partial charge on any atom is 0.254 e. The fourth-order valence-corrected chi connectivity index (χ4v) is 3.84. The maximum atomic E-state index is 12.9. The number of nitrogens with zero attached hydrogens (tertiary/aromatic N) is 1. The van der Waals surface area contributed by atoms with Gasteiger partial charge in [-0.25, -0.2) is 0 Å². The predicted molar refractivity (Wildman–Crippen MR) is 107 cm³/mol. The summed E-state index contributed by atoms with van der Waals surface area (Å²) in [6, 6.07) is 11.3. The van der Waals surface area contributed by atoms with Gasteiger partial charge in [0.25, 0.3) is 5.56 Å². The molecule has 130 valence electrons. The summed E-state index contributed by atoms with van der Waals surface area (Å²) >= 11 is 15.7. The molecule has 25 heavy (non-hydrogen) atoms. The number of hydrogen-bond acceptors (Lipinski definition) is 2. The van der Waals surface area contributed by atoms with Crippen LogP contribution in [0.1, 0.15) is 16.7 Å². The Balaban J connectivity index is 2.22. The number of fused-ring (bicyclic) bond motifs is 1. The van der Waals surface area contributed by atoms with Crippen molar-refractivity contribution in [3.63, 3.8) is 0 Å². The van der Waals surface area contributed by atoms with Crippen molar-refractivity contribution in [1.82, 2.24) is 4.57 Å². The number of halogens is 3. The van der Waals surface area contributed by atoms with Gasteiger partial charge in [0.1, 0.15) is 0 Å². The van der Waals surface area contributed by atoms with Crippen molar-refractivity contribution in [2.75, 3.05) is 6.61 Å². The van der Waals surface area contributed by atoms with Crippen molar-refractivity contribution in [2.45, 2.75) is 19.9 Å². The van der Waals surface area contributed by atoms with Crippen molar-refractivity contribution in [1.29, 1.82) is 0 Å². The third kappa shape index (κ3) is 3.49. The average molecular weight is 441 g/mol. The third-order valence-electron chi connectivity index (χ3n) is 4.28. The zero-order valence-corrected chi connectivity index (χ0v) is 16.6. The second-order valence-electron chi connectivity index (χ2n) is 5.86. The second kappa shape index (κ2) is 7.50. The van der Waals surface area contributed by atoms with Crippen LogP contribution in [0.4, 0.5) is 0 Å². The SMILES string of the molecule is Cc1c(CCO)c2ccccc2n(Cc2cc(Cl)c(Br)c(Cl)c2)c1=O. The molecule has 0 atom stereocenters. The van der Waals surface area contributed by atoms with Gasteiger partial charge in [-0.2, -0.15) is 0 Å². The molecule has 0 unspecified atom stereocenters. The molecule has 0 aliphatic heterocycles. The Bertz CT molecular complexity index is 991. The Morgan fingerprint density at radius 2 is 1.80 bits per heavy atom. The smallest absolute Gasteiger partial charge is 0.254 e. The van der Waals surface area contributed by atoms with E-state index in [0.29, 0.717) is 33.0 Å². The third-order valence-corrected chi connectivity index (χ3v) is 6.19. The highest BCUT2D eigenvalue weighted by atomic mass is 79.9. The Labute approximate surface area is 163 Å². The topological polar surface area (TPSA) is 42.2 Å². The Morgan fingerprint density at radius 3 is 2.44 bits per heavy atom. The first kappa shape index (κ1) is 18.5. The molecule has 1 aromatic heterocycles. The van der Waals surface area contributed by atoms with Crippen molar-refractivity contribution < 1.29 is 5.11 Å². The predicted octanol–water partition coefficient (Wildman–Crippen LogP) is 4.96. The van der Waals surface area contributed by atoms with E-state index in [0.717, 1.165) is 22.0 Å². The number of benzene rings is 2. The summed E-state index contributed by atoms with van der Waals surface area (Å²) in [7, 11) is 0. The van der Waals surface area contributed by atoms with Gasteiger partial charge in [-0.05, 0) is 58.6 Å². The van der Waals surface area contributed by atoms with E-state index >= 15 is 0 Å². The van der Waals surface area contributed by atoms with Gasteiger partial charge < -0.3 is 9.67 Å². The molecular weight excluding hydrogens is 425 g/mol. The van der Waals surface area contributed by atoms with Crippen LogP contribution in [0.3, 0.4) is 0 Å². The van der Waals surface area contributed by atoms with Crippen molar-refractivity contribution in [2.24, 2.45) is 0 Å². The first-order valence-corrected chi connectivity index (χ1v) is 9.34. The lowest BCUT2D eigenvalue weighted by molar-refractivity contribution is 0.299. The fraction of sp³-hybridized carbons (Fsp3) is 0.211. The molecule has 6 heteroatoms. The molecule has 0 aliphatic rings. The average Bonchev–Trinajstić information content (AvgIpc) is 2.60. The van der Waals surface area contributed by atoms with Crippen molar-refractivity contribution in [3.8, 4) is 0 Å². The minimum atomic E-state index is -0.0719. The standard InChI is InChI=1S/C19H16BrCl2NO2/c1-11-13(6-7-24)14-4-2-3-5-17(14)23(19(11)25)10-12-8-15(21)18(20)16(22)9-12/h2-5,8-9,24H,6-7,10H2,1H3. The van der Waals surface area contributed by atoms with Crippen LogP contribution in [0.25, 0.3) is 10.9 Å². The van der Waals surface area contributed by atoms with Crippen LogP contribution >= 0.6 is 39.1 Å². The molecule has 1 N–H and O–H groups in total. The van der Waals surface area contributed by atoms with E-state index in [2.05, 4.69) is 15.9 Å². The van der Waals surface area contributed by atoms with Crippen LogP contribution in [0.15, 0.2) is 45.7 Å².